The second-order valence-corrected chi connectivity index (χ2v) is 14.7. The Kier molecular flexibility index (Phi) is 5.20. The predicted molar refractivity (Wildman–Crippen MR) is 134 cm³/mol. The zero-order chi connectivity index (χ0) is 25.1. The summed E-state index contributed by atoms with van der Waals surface area (Å²) in [7, 11) is 0. The van der Waals surface area contributed by atoms with Gasteiger partial charge in [0.05, 0.1) is 5.41 Å². The van der Waals surface area contributed by atoms with E-state index in [9.17, 15) is 20.1 Å². The van der Waals surface area contributed by atoms with E-state index in [1.54, 1.807) is 0 Å². The SMILES string of the molecule is C[C@H]1[C@H](C)CC[C@]2(C(=O)O)CC[C@]3(C)C(=CC[C@@H]4[C@]5(C)[C@@H](CC[C@]43C)C(C)(C)CCC5(O)O)[C@H]12. The maximum absolute atomic E-state index is 12.8. The van der Waals surface area contributed by atoms with Crippen LogP contribution >= 0.6 is 0 Å². The van der Waals surface area contributed by atoms with Crippen LogP contribution in [0.2, 0.25) is 0 Å². The summed E-state index contributed by atoms with van der Waals surface area (Å²) in [6.45, 7) is 16.3. The number of allylic oxidation sites excluding steroid dienone is 2. The van der Waals surface area contributed by atoms with Gasteiger partial charge in [0.2, 0.25) is 0 Å². The van der Waals surface area contributed by atoms with Gasteiger partial charge in [0, 0.05) is 11.8 Å². The first kappa shape index (κ1) is 24.8. The van der Waals surface area contributed by atoms with E-state index >= 15 is 0 Å². The van der Waals surface area contributed by atoms with Crippen LogP contribution in [0.3, 0.4) is 0 Å². The summed E-state index contributed by atoms with van der Waals surface area (Å²) in [5.74, 6) is -0.834. The molecule has 0 aliphatic heterocycles. The molecule has 0 unspecified atom stereocenters. The third-order valence-corrected chi connectivity index (χ3v) is 13.5. The van der Waals surface area contributed by atoms with Gasteiger partial charge in [-0.2, -0.15) is 0 Å². The number of aliphatic carboxylic acids is 1. The molecule has 0 heterocycles. The quantitative estimate of drug-likeness (QED) is 0.304. The van der Waals surface area contributed by atoms with E-state index in [0.717, 1.165) is 51.4 Å². The Hall–Kier alpha value is -0.870. The van der Waals surface area contributed by atoms with E-state index in [2.05, 4.69) is 54.5 Å². The van der Waals surface area contributed by atoms with Gasteiger partial charge in [-0.1, -0.05) is 60.1 Å². The lowest BCUT2D eigenvalue weighted by molar-refractivity contribution is -0.340. The molecule has 0 aromatic carbocycles. The topological polar surface area (TPSA) is 77.8 Å². The Morgan fingerprint density at radius 2 is 1.56 bits per heavy atom. The van der Waals surface area contributed by atoms with Crippen LogP contribution in [0.4, 0.5) is 0 Å². The lowest BCUT2D eigenvalue weighted by Gasteiger charge is -2.72. The second-order valence-electron chi connectivity index (χ2n) is 14.7. The number of carboxylic acid groups (broad SMARTS) is 1. The lowest BCUT2D eigenvalue weighted by atomic mass is 9.32. The van der Waals surface area contributed by atoms with Gasteiger partial charge in [-0.05, 0) is 97.2 Å². The smallest absolute Gasteiger partial charge is 0.310 e. The first-order chi connectivity index (χ1) is 15.6. The van der Waals surface area contributed by atoms with Crippen LogP contribution in [-0.2, 0) is 4.79 Å². The van der Waals surface area contributed by atoms with Gasteiger partial charge in [0.15, 0.2) is 5.79 Å². The molecule has 9 atom stereocenters. The van der Waals surface area contributed by atoms with Crippen molar-refractivity contribution in [3.8, 4) is 0 Å². The maximum Gasteiger partial charge on any atom is 0.310 e. The van der Waals surface area contributed by atoms with Crippen LogP contribution < -0.4 is 0 Å². The van der Waals surface area contributed by atoms with Crippen LogP contribution in [0, 0.1) is 56.7 Å². The molecule has 0 aromatic heterocycles. The van der Waals surface area contributed by atoms with Crippen molar-refractivity contribution in [3.63, 3.8) is 0 Å². The van der Waals surface area contributed by atoms with Gasteiger partial charge >= 0.3 is 5.97 Å². The van der Waals surface area contributed by atoms with Gasteiger partial charge in [0.1, 0.15) is 0 Å². The van der Waals surface area contributed by atoms with Crippen LogP contribution in [0.1, 0.15) is 106 Å². The van der Waals surface area contributed by atoms with E-state index in [1.807, 2.05) is 0 Å². The minimum atomic E-state index is -1.66. The van der Waals surface area contributed by atoms with E-state index in [1.165, 1.54) is 5.57 Å². The van der Waals surface area contributed by atoms with Gasteiger partial charge < -0.3 is 15.3 Å². The summed E-state index contributed by atoms with van der Waals surface area (Å²) in [4.78, 5) is 12.8. The van der Waals surface area contributed by atoms with Crippen molar-refractivity contribution >= 4 is 5.97 Å². The zero-order valence-corrected chi connectivity index (χ0v) is 22.6. The Morgan fingerprint density at radius 3 is 2.21 bits per heavy atom. The molecule has 4 nitrogen and oxygen atoms in total. The minimum Gasteiger partial charge on any atom is -0.481 e. The molecule has 0 aromatic rings. The highest BCUT2D eigenvalue weighted by molar-refractivity contribution is 5.76. The normalized spacial score (nSPS) is 53.4. The third-order valence-electron chi connectivity index (χ3n) is 13.5. The lowest BCUT2D eigenvalue weighted by Crippen LogP contribution is -2.70. The molecule has 5 aliphatic rings. The molecule has 4 heteroatoms. The zero-order valence-electron chi connectivity index (χ0n) is 22.6. The van der Waals surface area contributed by atoms with Crippen molar-refractivity contribution in [2.24, 2.45) is 56.7 Å². The van der Waals surface area contributed by atoms with E-state index in [0.29, 0.717) is 18.3 Å². The van der Waals surface area contributed by atoms with E-state index < -0.39 is 22.6 Å². The number of fused-ring (bicyclic) bond motifs is 7. The Labute approximate surface area is 206 Å². The van der Waals surface area contributed by atoms with Crippen LogP contribution in [0.25, 0.3) is 0 Å². The predicted octanol–water partition coefficient (Wildman–Crippen LogP) is 6.41. The molecule has 34 heavy (non-hydrogen) atoms. The number of carboxylic acids is 1. The molecule has 5 rings (SSSR count). The van der Waals surface area contributed by atoms with E-state index in [-0.39, 0.29) is 34.0 Å². The van der Waals surface area contributed by atoms with Crippen molar-refractivity contribution in [2.75, 3.05) is 0 Å². The molecule has 5 aliphatic carbocycles. The summed E-state index contributed by atoms with van der Waals surface area (Å²) in [6.07, 6.45) is 10.1. The molecule has 3 N–H and O–H groups in total. The van der Waals surface area contributed by atoms with E-state index in [4.69, 9.17) is 0 Å². The first-order valence-corrected chi connectivity index (χ1v) is 14.0. The Morgan fingerprint density at radius 1 is 0.882 bits per heavy atom. The van der Waals surface area contributed by atoms with Crippen molar-refractivity contribution in [3.05, 3.63) is 11.6 Å². The summed E-state index contributed by atoms with van der Waals surface area (Å²) in [6, 6.07) is 0. The molecule has 0 saturated heterocycles. The molecular weight excluding hydrogens is 424 g/mol. The van der Waals surface area contributed by atoms with Gasteiger partial charge in [-0.25, -0.2) is 0 Å². The van der Waals surface area contributed by atoms with Crippen LogP contribution in [0.5, 0.6) is 0 Å². The van der Waals surface area contributed by atoms with Crippen molar-refractivity contribution in [2.45, 2.75) is 112 Å². The maximum atomic E-state index is 12.8. The highest BCUT2D eigenvalue weighted by atomic mass is 16.5. The van der Waals surface area contributed by atoms with Crippen molar-refractivity contribution in [1.29, 1.82) is 0 Å². The van der Waals surface area contributed by atoms with Crippen LogP contribution in [-0.4, -0.2) is 27.1 Å². The molecule has 0 bridgehead atoms. The average Bonchev–Trinajstić information content (AvgIpc) is 2.74. The number of rotatable bonds is 1. The molecule has 4 saturated carbocycles. The average molecular weight is 473 g/mol. The van der Waals surface area contributed by atoms with Gasteiger partial charge in [0.25, 0.3) is 0 Å². The fourth-order valence-corrected chi connectivity index (χ4v) is 10.8. The van der Waals surface area contributed by atoms with Gasteiger partial charge in [-0.15, -0.1) is 0 Å². The highest BCUT2D eigenvalue weighted by Gasteiger charge is 2.72. The number of hydrogen-bond donors (Lipinski definition) is 3. The molecule has 192 valence electrons. The monoisotopic (exact) mass is 472 g/mol. The summed E-state index contributed by atoms with van der Waals surface area (Å²) in [5.41, 5.74) is 0.117. The fourth-order valence-electron chi connectivity index (χ4n) is 10.8. The number of carbonyl (C=O) groups is 1. The standard InChI is InChI=1S/C30H48O4/c1-18-10-13-29(24(31)32)16-15-26(5)20(23(29)19(18)2)8-9-22-27(26,6)12-11-21-25(3,4)14-17-30(33,34)28(21,22)7/h8,18-19,21-23,33-34H,9-17H2,1-7H3,(H,31,32)/t18-,19+,21+,22+,23+,26-,27-,28+,29+/m1/s1. The van der Waals surface area contributed by atoms with Crippen molar-refractivity contribution in [1.82, 2.24) is 0 Å². The highest BCUT2D eigenvalue weighted by Crippen LogP contribution is 2.76. The molecule has 0 spiro atoms. The molecule has 0 radical (unpaired) electrons. The Bertz CT molecular complexity index is 919. The summed E-state index contributed by atoms with van der Waals surface area (Å²) in [5, 5.41) is 33.6. The molecular formula is C30H48O4. The molecule has 0 amide bonds. The fraction of sp³-hybridized carbons (Fsp3) is 0.900. The minimum absolute atomic E-state index is 0.0719. The van der Waals surface area contributed by atoms with Crippen LogP contribution in [0.15, 0.2) is 11.6 Å². The summed E-state index contributed by atoms with van der Waals surface area (Å²) >= 11 is 0. The number of hydrogen-bond acceptors (Lipinski definition) is 3. The Balaban J connectivity index is 1.66. The van der Waals surface area contributed by atoms with Gasteiger partial charge in [-0.3, -0.25) is 4.79 Å². The second kappa shape index (κ2) is 7.12. The first-order valence-electron chi connectivity index (χ1n) is 14.0. The third kappa shape index (κ3) is 2.71. The largest absolute Gasteiger partial charge is 0.481 e. The summed E-state index contributed by atoms with van der Waals surface area (Å²) < 4.78 is 0. The number of aliphatic hydroxyl groups is 2. The molecule has 4 fully saturated rings. The van der Waals surface area contributed by atoms with Crippen molar-refractivity contribution < 1.29 is 20.1 Å².